The Morgan fingerprint density at radius 2 is 1.93 bits per heavy atom. The molecule has 2 rings (SSSR count). The van der Waals surface area contributed by atoms with Gasteiger partial charge in [0.25, 0.3) is 0 Å². The summed E-state index contributed by atoms with van der Waals surface area (Å²) in [4.78, 5) is 2.35. The van der Waals surface area contributed by atoms with Crippen LogP contribution in [-0.4, -0.2) is 56.5 Å². The fourth-order valence-electron chi connectivity index (χ4n) is 2.13. The molecule has 0 aromatic heterocycles. The van der Waals surface area contributed by atoms with Gasteiger partial charge in [-0.3, -0.25) is 4.90 Å². The molecular weight excluding hydrogens is 236 g/mol. The number of nitrogens with one attached hydrogen (secondary N) is 1. The zero-order valence-electron chi connectivity index (χ0n) is 8.98. The first-order valence-corrected chi connectivity index (χ1v) is 7.07. The molecule has 1 atom stereocenters. The van der Waals surface area contributed by atoms with Gasteiger partial charge < -0.3 is 5.32 Å². The maximum Gasteiger partial charge on any atom is 0.151 e. The van der Waals surface area contributed by atoms with Gasteiger partial charge in [-0.15, -0.1) is 12.4 Å². The minimum absolute atomic E-state index is 0. The molecule has 0 saturated carbocycles. The van der Waals surface area contributed by atoms with E-state index in [1.807, 2.05) is 0 Å². The van der Waals surface area contributed by atoms with Gasteiger partial charge in [0.2, 0.25) is 0 Å². The van der Waals surface area contributed by atoms with E-state index in [2.05, 4.69) is 17.1 Å². The van der Waals surface area contributed by atoms with Crippen LogP contribution >= 0.6 is 12.4 Å². The van der Waals surface area contributed by atoms with Gasteiger partial charge in [0.1, 0.15) is 0 Å². The average molecular weight is 255 g/mol. The molecule has 0 aliphatic carbocycles. The van der Waals surface area contributed by atoms with Gasteiger partial charge in [0.05, 0.1) is 11.5 Å². The smallest absolute Gasteiger partial charge is 0.151 e. The van der Waals surface area contributed by atoms with E-state index in [0.29, 0.717) is 23.6 Å². The lowest BCUT2D eigenvalue weighted by atomic mass is 10.1. The molecule has 0 amide bonds. The van der Waals surface area contributed by atoms with Gasteiger partial charge in [0, 0.05) is 31.7 Å². The van der Waals surface area contributed by atoms with Crippen LogP contribution in [-0.2, 0) is 9.84 Å². The van der Waals surface area contributed by atoms with Gasteiger partial charge in [0.15, 0.2) is 9.84 Å². The largest absolute Gasteiger partial charge is 0.314 e. The molecule has 2 heterocycles. The van der Waals surface area contributed by atoms with E-state index in [0.717, 1.165) is 26.1 Å². The number of nitrogens with zero attached hydrogens (tertiary/aromatic N) is 1. The predicted octanol–water partition coefficient (Wildman–Crippen LogP) is -0.111. The van der Waals surface area contributed by atoms with Crippen molar-refractivity contribution in [2.45, 2.75) is 25.4 Å². The van der Waals surface area contributed by atoms with Crippen LogP contribution in [0.2, 0.25) is 0 Å². The first-order chi connectivity index (χ1) is 6.58. The van der Waals surface area contributed by atoms with Crippen molar-refractivity contribution in [3.63, 3.8) is 0 Å². The average Bonchev–Trinajstić information content (AvgIpc) is 2.14. The van der Waals surface area contributed by atoms with E-state index in [-0.39, 0.29) is 12.4 Å². The Hall–Kier alpha value is 0.160. The highest BCUT2D eigenvalue weighted by molar-refractivity contribution is 7.91. The third-order valence-electron chi connectivity index (χ3n) is 3.30. The van der Waals surface area contributed by atoms with Crippen molar-refractivity contribution in [1.82, 2.24) is 10.2 Å². The van der Waals surface area contributed by atoms with E-state index in [4.69, 9.17) is 0 Å². The zero-order chi connectivity index (χ0) is 10.2. The summed E-state index contributed by atoms with van der Waals surface area (Å²) in [5.41, 5.74) is 0. The minimum Gasteiger partial charge on any atom is -0.314 e. The van der Waals surface area contributed by atoms with Crippen LogP contribution < -0.4 is 5.32 Å². The van der Waals surface area contributed by atoms with E-state index >= 15 is 0 Å². The van der Waals surface area contributed by atoms with Gasteiger partial charge >= 0.3 is 0 Å². The summed E-state index contributed by atoms with van der Waals surface area (Å²) >= 11 is 0. The lowest BCUT2D eigenvalue weighted by Crippen LogP contribution is -2.59. The highest BCUT2D eigenvalue weighted by Gasteiger charge is 2.32. The van der Waals surface area contributed by atoms with Crippen molar-refractivity contribution in [2.75, 3.05) is 31.1 Å². The maximum atomic E-state index is 11.4. The summed E-state index contributed by atoms with van der Waals surface area (Å²) in [6, 6.07) is 0.984. The monoisotopic (exact) mass is 254 g/mol. The first kappa shape index (κ1) is 13.2. The highest BCUT2D eigenvalue weighted by atomic mass is 35.5. The van der Waals surface area contributed by atoms with Crippen LogP contribution in [0.3, 0.4) is 0 Å². The van der Waals surface area contributed by atoms with Gasteiger partial charge in [-0.25, -0.2) is 8.42 Å². The van der Waals surface area contributed by atoms with E-state index in [9.17, 15) is 8.42 Å². The second-order valence-corrected chi connectivity index (χ2v) is 6.64. The molecule has 2 aliphatic rings. The van der Waals surface area contributed by atoms with Crippen molar-refractivity contribution in [2.24, 2.45) is 0 Å². The molecule has 2 fully saturated rings. The molecule has 0 bridgehead atoms. The Bertz CT molecular complexity index is 303. The maximum absolute atomic E-state index is 11.4. The fourth-order valence-corrected chi connectivity index (χ4v) is 3.53. The van der Waals surface area contributed by atoms with Crippen LogP contribution in [0.15, 0.2) is 0 Å². The number of hydrogen-bond acceptors (Lipinski definition) is 4. The third-order valence-corrected chi connectivity index (χ3v) is 4.96. The van der Waals surface area contributed by atoms with Gasteiger partial charge in [-0.05, 0) is 13.3 Å². The molecule has 4 nitrogen and oxygen atoms in total. The molecule has 2 aliphatic heterocycles. The summed E-state index contributed by atoms with van der Waals surface area (Å²) in [6.07, 6.45) is 0.791. The molecule has 6 heteroatoms. The van der Waals surface area contributed by atoms with Crippen LogP contribution in [0.25, 0.3) is 0 Å². The highest BCUT2D eigenvalue weighted by Crippen LogP contribution is 2.17. The van der Waals surface area contributed by atoms with Crippen LogP contribution in [0.4, 0.5) is 0 Å². The molecule has 0 aromatic carbocycles. The SMILES string of the molecule is CC1CCS(=O)(=O)CCN1C1CNC1.Cl. The van der Waals surface area contributed by atoms with Crippen molar-refractivity contribution in [3.05, 3.63) is 0 Å². The van der Waals surface area contributed by atoms with Crippen LogP contribution in [0.5, 0.6) is 0 Å². The second kappa shape index (κ2) is 4.99. The van der Waals surface area contributed by atoms with E-state index in [1.54, 1.807) is 0 Å². The third kappa shape index (κ3) is 3.06. The number of hydrogen-bond donors (Lipinski definition) is 1. The molecule has 0 radical (unpaired) electrons. The Kier molecular flexibility index (Phi) is 4.40. The quantitative estimate of drug-likeness (QED) is 0.710. The second-order valence-electron chi connectivity index (χ2n) is 4.34. The topological polar surface area (TPSA) is 49.4 Å². The molecule has 0 spiro atoms. The Balaban J connectivity index is 0.00000112. The molecule has 15 heavy (non-hydrogen) atoms. The molecule has 0 aromatic rings. The van der Waals surface area contributed by atoms with Gasteiger partial charge in [-0.2, -0.15) is 0 Å². The molecule has 1 N–H and O–H groups in total. The van der Waals surface area contributed by atoms with Crippen molar-refractivity contribution in [1.29, 1.82) is 0 Å². The predicted molar refractivity (Wildman–Crippen MR) is 63.3 cm³/mol. The normalized spacial score (nSPS) is 32.5. The van der Waals surface area contributed by atoms with E-state index < -0.39 is 9.84 Å². The summed E-state index contributed by atoms with van der Waals surface area (Å²) in [7, 11) is -2.76. The summed E-state index contributed by atoms with van der Waals surface area (Å²) in [5, 5.41) is 3.23. The fraction of sp³-hybridized carbons (Fsp3) is 1.00. The molecule has 1 unspecified atom stereocenters. The number of sulfone groups is 1. The Morgan fingerprint density at radius 3 is 2.47 bits per heavy atom. The lowest BCUT2D eigenvalue weighted by Gasteiger charge is -2.40. The standard InChI is InChI=1S/C9H18N2O2S.ClH/c1-8-2-4-14(12,13)5-3-11(8)9-6-10-7-9;/h8-10H,2-7H2,1H3;1H. The number of rotatable bonds is 1. The summed E-state index contributed by atoms with van der Waals surface area (Å²) in [5.74, 6) is 0.707. The zero-order valence-corrected chi connectivity index (χ0v) is 10.6. The Labute approximate surface area is 97.7 Å². The molecule has 90 valence electrons. The van der Waals surface area contributed by atoms with Crippen molar-refractivity contribution in [3.8, 4) is 0 Å². The first-order valence-electron chi connectivity index (χ1n) is 5.25. The molecular formula is C9H19ClN2O2S. The lowest BCUT2D eigenvalue weighted by molar-refractivity contribution is 0.111. The van der Waals surface area contributed by atoms with E-state index in [1.165, 1.54) is 0 Å². The number of halogens is 1. The molecule has 2 saturated heterocycles. The van der Waals surface area contributed by atoms with Crippen molar-refractivity contribution < 1.29 is 8.42 Å². The van der Waals surface area contributed by atoms with Gasteiger partial charge in [-0.1, -0.05) is 0 Å². The van der Waals surface area contributed by atoms with Crippen LogP contribution in [0, 0.1) is 0 Å². The van der Waals surface area contributed by atoms with Crippen molar-refractivity contribution >= 4 is 22.2 Å². The van der Waals surface area contributed by atoms with Crippen LogP contribution in [0.1, 0.15) is 13.3 Å². The summed E-state index contributed by atoms with van der Waals surface area (Å²) in [6.45, 7) is 4.89. The Morgan fingerprint density at radius 1 is 1.27 bits per heavy atom. The minimum atomic E-state index is -2.76. The summed E-state index contributed by atoms with van der Waals surface area (Å²) < 4.78 is 22.9.